The number of nitrogens with zero attached hydrogens (tertiary/aromatic N) is 1. The summed E-state index contributed by atoms with van der Waals surface area (Å²) in [6.45, 7) is 0. The summed E-state index contributed by atoms with van der Waals surface area (Å²) in [5, 5.41) is 13.7. The smallest absolute Gasteiger partial charge is 0.283 e. The number of benzene rings is 2. The molecule has 0 atom stereocenters. The Morgan fingerprint density at radius 1 is 1.19 bits per heavy atom. The molecule has 0 spiro atoms. The molecule has 108 valence electrons. The van der Waals surface area contributed by atoms with Crippen molar-refractivity contribution in [2.75, 3.05) is 5.32 Å². The number of nitro benzene ring substituents is 1. The third-order valence-electron chi connectivity index (χ3n) is 2.60. The van der Waals surface area contributed by atoms with Crippen molar-refractivity contribution in [1.82, 2.24) is 0 Å². The van der Waals surface area contributed by atoms with E-state index >= 15 is 0 Å². The summed E-state index contributed by atoms with van der Waals surface area (Å²) < 4.78 is 0.896. The van der Waals surface area contributed by atoms with Crippen LogP contribution in [-0.4, -0.2) is 10.8 Å². The highest BCUT2D eigenvalue weighted by atomic mass is 79.9. The van der Waals surface area contributed by atoms with Gasteiger partial charge in [0.15, 0.2) is 0 Å². The van der Waals surface area contributed by atoms with Crippen molar-refractivity contribution < 1.29 is 9.72 Å². The van der Waals surface area contributed by atoms with Crippen molar-refractivity contribution in [3.63, 3.8) is 0 Å². The lowest BCUT2D eigenvalue weighted by molar-refractivity contribution is -0.385. The van der Waals surface area contributed by atoms with E-state index in [1.165, 1.54) is 18.2 Å². The summed E-state index contributed by atoms with van der Waals surface area (Å²) >= 11 is 12.4. The van der Waals surface area contributed by atoms with Gasteiger partial charge in [-0.25, -0.2) is 0 Å². The Hall–Kier alpha value is -1.44. The number of carbonyl (C=O) groups is 1. The fraction of sp³-hybridized carbons (Fsp3) is 0. The SMILES string of the molecule is O=C(Nc1ccc([N+](=O)[O-])c(Br)c1)c1cccc(Br)c1Cl. The Kier molecular flexibility index (Phi) is 4.97. The Morgan fingerprint density at radius 2 is 1.90 bits per heavy atom. The minimum Gasteiger partial charge on any atom is -0.322 e. The van der Waals surface area contributed by atoms with Gasteiger partial charge in [-0.15, -0.1) is 0 Å². The van der Waals surface area contributed by atoms with Gasteiger partial charge < -0.3 is 5.32 Å². The molecule has 0 saturated carbocycles. The van der Waals surface area contributed by atoms with Gasteiger partial charge in [-0.3, -0.25) is 14.9 Å². The lowest BCUT2D eigenvalue weighted by atomic mass is 10.2. The van der Waals surface area contributed by atoms with Crippen molar-refractivity contribution in [3.05, 3.63) is 66.0 Å². The molecule has 0 fully saturated rings. The van der Waals surface area contributed by atoms with E-state index in [2.05, 4.69) is 37.2 Å². The molecule has 2 aromatic carbocycles. The predicted octanol–water partition coefficient (Wildman–Crippen LogP) is 5.03. The molecule has 0 aromatic heterocycles. The number of rotatable bonds is 3. The Bertz CT molecular complexity index is 737. The summed E-state index contributed by atoms with van der Waals surface area (Å²) in [6, 6.07) is 9.22. The zero-order chi connectivity index (χ0) is 15.6. The maximum absolute atomic E-state index is 12.2. The van der Waals surface area contributed by atoms with Crippen LogP contribution < -0.4 is 5.32 Å². The normalized spacial score (nSPS) is 10.2. The summed E-state index contributed by atoms with van der Waals surface area (Å²) in [4.78, 5) is 22.4. The van der Waals surface area contributed by atoms with E-state index < -0.39 is 10.8 Å². The van der Waals surface area contributed by atoms with Crippen LogP contribution in [0.15, 0.2) is 45.3 Å². The second-order valence-corrected chi connectivity index (χ2v) is 6.07. The topological polar surface area (TPSA) is 72.2 Å². The average molecular weight is 434 g/mol. The fourth-order valence-corrected chi connectivity index (χ4v) is 2.71. The number of anilines is 1. The van der Waals surface area contributed by atoms with E-state index in [1.54, 1.807) is 18.2 Å². The minimum atomic E-state index is -0.513. The summed E-state index contributed by atoms with van der Waals surface area (Å²) in [6.07, 6.45) is 0. The number of hydrogen-bond donors (Lipinski definition) is 1. The van der Waals surface area contributed by atoms with Gasteiger partial charge in [-0.1, -0.05) is 17.7 Å². The molecular formula is C13H7Br2ClN2O3. The Labute approximate surface area is 141 Å². The quantitative estimate of drug-likeness (QED) is 0.544. The summed E-state index contributed by atoms with van der Waals surface area (Å²) in [7, 11) is 0. The van der Waals surface area contributed by atoms with Crippen LogP contribution in [0.1, 0.15) is 10.4 Å². The van der Waals surface area contributed by atoms with Crippen LogP contribution in [-0.2, 0) is 0 Å². The van der Waals surface area contributed by atoms with Gasteiger partial charge in [0.25, 0.3) is 11.6 Å². The predicted molar refractivity (Wildman–Crippen MR) is 87.9 cm³/mol. The maximum Gasteiger partial charge on any atom is 0.283 e. The molecule has 0 unspecified atom stereocenters. The molecule has 0 aliphatic heterocycles. The van der Waals surface area contributed by atoms with Gasteiger partial charge >= 0.3 is 0 Å². The molecule has 0 heterocycles. The highest BCUT2D eigenvalue weighted by molar-refractivity contribution is 9.11. The maximum atomic E-state index is 12.2. The average Bonchev–Trinajstić information content (AvgIpc) is 2.41. The third-order valence-corrected chi connectivity index (χ3v) is 4.53. The third kappa shape index (κ3) is 3.61. The van der Waals surface area contributed by atoms with E-state index in [1.807, 2.05) is 0 Å². The second kappa shape index (κ2) is 6.55. The van der Waals surface area contributed by atoms with Crippen LogP contribution in [0.4, 0.5) is 11.4 Å². The van der Waals surface area contributed by atoms with Crippen molar-refractivity contribution in [3.8, 4) is 0 Å². The van der Waals surface area contributed by atoms with Crippen LogP contribution in [0.5, 0.6) is 0 Å². The molecule has 8 heteroatoms. The van der Waals surface area contributed by atoms with Gasteiger partial charge in [-0.2, -0.15) is 0 Å². The van der Waals surface area contributed by atoms with Crippen LogP contribution in [0, 0.1) is 10.1 Å². The number of hydrogen-bond acceptors (Lipinski definition) is 3. The fourth-order valence-electron chi connectivity index (χ4n) is 1.61. The lowest BCUT2D eigenvalue weighted by Gasteiger charge is -2.08. The number of nitro groups is 1. The van der Waals surface area contributed by atoms with Crippen LogP contribution >= 0.6 is 43.5 Å². The summed E-state index contributed by atoms with van der Waals surface area (Å²) in [5.41, 5.74) is 0.655. The Balaban J connectivity index is 2.26. The number of amides is 1. The van der Waals surface area contributed by atoms with Gasteiger partial charge in [0, 0.05) is 16.2 Å². The zero-order valence-corrected chi connectivity index (χ0v) is 14.2. The molecule has 0 saturated heterocycles. The standard InChI is InChI=1S/C13H7Br2ClN2O3/c14-9-3-1-2-8(12(9)16)13(19)17-7-4-5-11(18(20)21)10(15)6-7/h1-6H,(H,17,19). The molecule has 2 rings (SSSR count). The van der Waals surface area contributed by atoms with Crippen LogP contribution in [0.2, 0.25) is 5.02 Å². The first-order chi connectivity index (χ1) is 9.90. The van der Waals surface area contributed by atoms with Gasteiger partial charge in [0.2, 0.25) is 0 Å². The number of carbonyl (C=O) groups excluding carboxylic acids is 1. The van der Waals surface area contributed by atoms with E-state index in [4.69, 9.17) is 11.6 Å². The van der Waals surface area contributed by atoms with E-state index in [-0.39, 0.29) is 10.2 Å². The van der Waals surface area contributed by atoms with E-state index in [9.17, 15) is 14.9 Å². The van der Waals surface area contributed by atoms with Crippen LogP contribution in [0.3, 0.4) is 0 Å². The zero-order valence-electron chi connectivity index (χ0n) is 10.3. The largest absolute Gasteiger partial charge is 0.322 e. The molecule has 21 heavy (non-hydrogen) atoms. The molecule has 0 radical (unpaired) electrons. The highest BCUT2D eigenvalue weighted by Gasteiger charge is 2.15. The molecule has 1 N–H and O–H groups in total. The summed E-state index contributed by atoms with van der Waals surface area (Å²) in [5.74, 6) is -0.401. The molecular weight excluding hydrogens is 427 g/mol. The van der Waals surface area contributed by atoms with E-state index in [0.717, 1.165) is 0 Å². The molecule has 0 aliphatic rings. The van der Waals surface area contributed by atoms with Crippen molar-refractivity contribution in [2.45, 2.75) is 0 Å². The van der Waals surface area contributed by atoms with Gasteiger partial charge in [0.05, 0.1) is 20.0 Å². The molecule has 5 nitrogen and oxygen atoms in total. The Morgan fingerprint density at radius 3 is 2.52 bits per heavy atom. The van der Waals surface area contributed by atoms with Gasteiger partial charge in [-0.05, 0) is 56.1 Å². The van der Waals surface area contributed by atoms with Crippen molar-refractivity contribution >= 4 is 60.7 Å². The number of halogens is 3. The number of nitrogens with one attached hydrogen (secondary N) is 1. The molecule has 2 aromatic rings. The molecule has 0 bridgehead atoms. The first-order valence-corrected chi connectivity index (χ1v) is 7.56. The van der Waals surface area contributed by atoms with Crippen molar-refractivity contribution in [1.29, 1.82) is 0 Å². The first-order valence-electron chi connectivity index (χ1n) is 5.59. The lowest BCUT2D eigenvalue weighted by Crippen LogP contribution is -2.12. The van der Waals surface area contributed by atoms with Gasteiger partial charge in [0.1, 0.15) is 0 Å². The van der Waals surface area contributed by atoms with Crippen LogP contribution in [0.25, 0.3) is 0 Å². The molecule has 1 amide bonds. The van der Waals surface area contributed by atoms with Crippen molar-refractivity contribution in [2.24, 2.45) is 0 Å². The van der Waals surface area contributed by atoms with E-state index in [0.29, 0.717) is 20.7 Å². The minimum absolute atomic E-state index is 0.0755. The highest BCUT2D eigenvalue weighted by Crippen LogP contribution is 2.29. The second-order valence-electron chi connectivity index (χ2n) is 3.98. The molecule has 0 aliphatic carbocycles. The first kappa shape index (κ1) is 15.9. The monoisotopic (exact) mass is 432 g/mol.